The number of carbonyl (C=O) groups excluding carboxylic acids is 1. The second-order valence-corrected chi connectivity index (χ2v) is 6.03. The third-order valence-corrected chi connectivity index (χ3v) is 4.25. The Labute approximate surface area is 134 Å². The van der Waals surface area contributed by atoms with Gasteiger partial charge in [0.25, 0.3) is 5.91 Å². The van der Waals surface area contributed by atoms with Gasteiger partial charge in [-0.05, 0) is 49.9 Å². The Hall–Kier alpha value is -2.27. The Morgan fingerprint density at radius 2 is 1.96 bits per heavy atom. The minimum Gasteiger partial charge on any atom is -0.349 e. The van der Waals surface area contributed by atoms with Gasteiger partial charge < -0.3 is 11.1 Å². The molecule has 0 saturated heterocycles. The highest BCUT2D eigenvalue weighted by Crippen LogP contribution is 2.19. The molecule has 1 aliphatic rings. The maximum absolute atomic E-state index is 13.2. The Balaban J connectivity index is 1.66. The van der Waals surface area contributed by atoms with Crippen LogP contribution < -0.4 is 11.1 Å². The normalized spacial score (nSPS) is 21.0. The molecule has 4 nitrogen and oxygen atoms in total. The minimum absolute atomic E-state index is 0.122. The van der Waals surface area contributed by atoms with Crippen molar-refractivity contribution in [1.82, 2.24) is 10.3 Å². The first-order chi connectivity index (χ1) is 11.1. The molecule has 0 radical (unpaired) electrons. The Kier molecular flexibility index (Phi) is 4.67. The molecule has 1 fully saturated rings. The molecule has 1 heterocycles. The molecule has 3 rings (SSSR count). The fraction of sp³-hybridized carbons (Fsp3) is 0.333. The van der Waals surface area contributed by atoms with Crippen LogP contribution in [0.15, 0.2) is 42.6 Å². The minimum atomic E-state index is -0.304. The van der Waals surface area contributed by atoms with Crippen molar-refractivity contribution in [3.63, 3.8) is 0 Å². The molecule has 3 N–H and O–H groups in total. The van der Waals surface area contributed by atoms with E-state index in [1.165, 1.54) is 18.3 Å². The molecule has 0 spiro atoms. The van der Waals surface area contributed by atoms with Crippen molar-refractivity contribution in [2.45, 2.75) is 37.8 Å². The number of nitrogens with one attached hydrogen (secondary N) is 1. The van der Waals surface area contributed by atoms with Crippen molar-refractivity contribution in [3.05, 3.63) is 54.0 Å². The number of carbonyl (C=O) groups is 1. The van der Waals surface area contributed by atoms with E-state index in [0.29, 0.717) is 16.8 Å². The molecule has 0 aliphatic heterocycles. The first kappa shape index (κ1) is 15.6. The molecule has 1 aromatic carbocycles. The number of aromatic nitrogens is 1. The second kappa shape index (κ2) is 6.87. The van der Waals surface area contributed by atoms with E-state index in [9.17, 15) is 9.18 Å². The van der Waals surface area contributed by atoms with Crippen molar-refractivity contribution in [2.75, 3.05) is 0 Å². The van der Waals surface area contributed by atoms with E-state index >= 15 is 0 Å². The van der Waals surface area contributed by atoms with Crippen molar-refractivity contribution in [2.24, 2.45) is 5.73 Å². The zero-order chi connectivity index (χ0) is 16.2. The van der Waals surface area contributed by atoms with E-state index in [1.807, 2.05) is 0 Å². The fourth-order valence-electron chi connectivity index (χ4n) is 2.88. The molecule has 1 saturated carbocycles. The van der Waals surface area contributed by atoms with Crippen molar-refractivity contribution in [1.29, 1.82) is 0 Å². The lowest BCUT2D eigenvalue weighted by Gasteiger charge is -2.26. The summed E-state index contributed by atoms with van der Waals surface area (Å²) in [6, 6.07) is 10.1. The number of amides is 1. The second-order valence-electron chi connectivity index (χ2n) is 6.03. The van der Waals surface area contributed by atoms with Crippen LogP contribution in [0.5, 0.6) is 0 Å². The summed E-state index contributed by atoms with van der Waals surface area (Å²) in [6.45, 7) is 0. The average molecular weight is 313 g/mol. The molecule has 2 aromatic rings. The Morgan fingerprint density at radius 3 is 2.61 bits per heavy atom. The lowest BCUT2D eigenvalue weighted by Crippen LogP contribution is -2.40. The summed E-state index contributed by atoms with van der Waals surface area (Å²) in [5.74, 6) is -0.426. The van der Waals surface area contributed by atoms with Crippen LogP contribution in [0.4, 0.5) is 4.39 Å². The monoisotopic (exact) mass is 313 g/mol. The number of hydrogen-bond acceptors (Lipinski definition) is 3. The van der Waals surface area contributed by atoms with Gasteiger partial charge in [-0.25, -0.2) is 4.39 Å². The standard InChI is InChI=1S/C18H20FN3O/c19-14-3-1-2-12(10-14)17-9-4-13(11-21-17)18(23)22-16-7-5-15(20)6-8-16/h1-4,9-11,15-16H,5-8,20H2,(H,22,23)/t15-,16+. The van der Waals surface area contributed by atoms with E-state index in [0.717, 1.165) is 25.7 Å². The number of nitrogens with two attached hydrogens (primary N) is 1. The molecule has 1 aromatic heterocycles. The van der Waals surface area contributed by atoms with Gasteiger partial charge in [0.15, 0.2) is 0 Å². The lowest BCUT2D eigenvalue weighted by atomic mass is 9.91. The Bertz CT molecular complexity index is 679. The number of hydrogen-bond donors (Lipinski definition) is 2. The molecule has 0 atom stereocenters. The average Bonchev–Trinajstić information content (AvgIpc) is 2.57. The van der Waals surface area contributed by atoms with Gasteiger partial charge >= 0.3 is 0 Å². The number of benzene rings is 1. The summed E-state index contributed by atoms with van der Waals surface area (Å²) >= 11 is 0. The highest BCUT2D eigenvalue weighted by Gasteiger charge is 2.20. The molecule has 5 heteroatoms. The van der Waals surface area contributed by atoms with Crippen LogP contribution in [0.2, 0.25) is 0 Å². The predicted molar refractivity (Wildman–Crippen MR) is 87.3 cm³/mol. The van der Waals surface area contributed by atoms with Gasteiger partial charge in [0.1, 0.15) is 5.82 Å². The van der Waals surface area contributed by atoms with Crippen LogP contribution in [0.3, 0.4) is 0 Å². The van der Waals surface area contributed by atoms with E-state index in [2.05, 4.69) is 10.3 Å². The molecule has 120 valence electrons. The third kappa shape index (κ3) is 3.93. The van der Waals surface area contributed by atoms with E-state index in [1.54, 1.807) is 24.3 Å². The maximum atomic E-state index is 13.2. The number of pyridine rings is 1. The predicted octanol–water partition coefficient (Wildman–Crippen LogP) is 2.89. The summed E-state index contributed by atoms with van der Waals surface area (Å²) in [5, 5.41) is 3.03. The smallest absolute Gasteiger partial charge is 0.253 e. The molecule has 0 unspecified atom stereocenters. The van der Waals surface area contributed by atoms with Gasteiger partial charge in [0.2, 0.25) is 0 Å². The van der Waals surface area contributed by atoms with Gasteiger partial charge in [0.05, 0.1) is 11.3 Å². The van der Waals surface area contributed by atoms with Gasteiger partial charge in [-0.1, -0.05) is 12.1 Å². The Morgan fingerprint density at radius 1 is 1.17 bits per heavy atom. The van der Waals surface area contributed by atoms with Crippen LogP contribution in [-0.2, 0) is 0 Å². The summed E-state index contributed by atoms with van der Waals surface area (Å²) < 4.78 is 13.2. The summed E-state index contributed by atoms with van der Waals surface area (Å²) in [6.07, 6.45) is 5.26. The zero-order valence-electron chi connectivity index (χ0n) is 12.8. The highest BCUT2D eigenvalue weighted by atomic mass is 19.1. The van der Waals surface area contributed by atoms with Crippen molar-refractivity contribution in [3.8, 4) is 11.3 Å². The number of rotatable bonds is 3. The van der Waals surface area contributed by atoms with Crippen LogP contribution in [0.25, 0.3) is 11.3 Å². The third-order valence-electron chi connectivity index (χ3n) is 4.25. The lowest BCUT2D eigenvalue weighted by molar-refractivity contribution is 0.0925. The summed E-state index contributed by atoms with van der Waals surface area (Å²) in [7, 11) is 0. The number of halogens is 1. The highest BCUT2D eigenvalue weighted by molar-refractivity contribution is 5.94. The van der Waals surface area contributed by atoms with Gasteiger partial charge in [-0.2, -0.15) is 0 Å². The zero-order valence-corrected chi connectivity index (χ0v) is 12.8. The van der Waals surface area contributed by atoms with Crippen LogP contribution in [0.1, 0.15) is 36.0 Å². The molecule has 1 aliphatic carbocycles. The number of nitrogens with zero attached hydrogens (tertiary/aromatic N) is 1. The van der Waals surface area contributed by atoms with Crippen LogP contribution in [-0.4, -0.2) is 23.0 Å². The van der Waals surface area contributed by atoms with Gasteiger partial charge in [-0.3, -0.25) is 9.78 Å². The maximum Gasteiger partial charge on any atom is 0.253 e. The summed E-state index contributed by atoms with van der Waals surface area (Å²) in [5.41, 5.74) is 7.72. The van der Waals surface area contributed by atoms with E-state index < -0.39 is 0 Å². The molecule has 1 amide bonds. The van der Waals surface area contributed by atoms with E-state index in [-0.39, 0.29) is 23.8 Å². The summed E-state index contributed by atoms with van der Waals surface area (Å²) in [4.78, 5) is 16.5. The van der Waals surface area contributed by atoms with Crippen molar-refractivity contribution >= 4 is 5.91 Å². The van der Waals surface area contributed by atoms with Crippen LogP contribution in [0, 0.1) is 5.82 Å². The van der Waals surface area contributed by atoms with Gasteiger partial charge in [0, 0.05) is 23.8 Å². The first-order valence-electron chi connectivity index (χ1n) is 7.90. The first-order valence-corrected chi connectivity index (χ1v) is 7.90. The largest absolute Gasteiger partial charge is 0.349 e. The van der Waals surface area contributed by atoms with Crippen LogP contribution >= 0.6 is 0 Å². The van der Waals surface area contributed by atoms with E-state index in [4.69, 9.17) is 5.73 Å². The fourth-order valence-corrected chi connectivity index (χ4v) is 2.88. The molecule has 23 heavy (non-hydrogen) atoms. The molecule has 0 bridgehead atoms. The van der Waals surface area contributed by atoms with Gasteiger partial charge in [-0.15, -0.1) is 0 Å². The van der Waals surface area contributed by atoms with Crippen molar-refractivity contribution < 1.29 is 9.18 Å². The topological polar surface area (TPSA) is 68.0 Å². The quantitative estimate of drug-likeness (QED) is 0.915. The molecular formula is C18H20FN3O. The SMILES string of the molecule is N[C@H]1CC[C@@H](NC(=O)c2ccc(-c3cccc(F)c3)nc2)CC1. The molecular weight excluding hydrogens is 293 g/mol.